The maximum absolute atomic E-state index is 6.17. The molecule has 0 fully saturated rings. The molecule has 0 bridgehead atoms. The van der Waals surface area contributed by atoms with Gasteiger partial charge in [0.25, 0.3) is 0 Å². The average molecular weight is 418 g/mol. The van der Waals surface area contributed by atoms with E-state index in [4.69, 9.17) is 92.8 Å². The van der Waals surface area contributed by atoms with Gasteiger partial charge in [-0.05, 0) is 13.8 Å². The Morgan fingerprint density at radius 2 is 0.556 bits per heavy atom. The Labute approximate surface area is 148 Å². The first-order valence-electron chi connectivity index (χ1n) is 5.23. The fourth-order valence-corrected chi connectivity index (χ4v) is 3.66. The van der Waals surface area contributed by atoms with E-state index < -0.39 is 32.3 Å². The van der Waals surface area contributed by atoms with Crippen LogP contribution < -0.4 is 0 Å². The topological polar surface area (TPSA) is 0 Å². The summed E-state index contributed by atoms with van der Waals surface area (Å²) in [5.41, 5.74) is 0. The minimum absolute atomic E-state index is 0.341. The fourth-order valence-electron chi connectivity index (χ4n) is 1.21. The Balaban J connectivity index is 4.63. The van der Waals surface area contributed by atoms with Gasteiger partial charge in [0.1, 0.15) is 0 Å². The van der Waals surface area contributed by atoms with Gasteiger partial charge in [-0.3, -0.25) is 0 Å². The molecule has 0 rings (SSSR count). The third kappa shape index (κ3) is 5.98. The second-order valence-corrected chi connectivity index (χ2v) is 8.42. The molecule has 0 aliphatic rings. The lowest BCUT2D eigenvalue weighted by Crippen LogP contribution is -2.43. The molecule has 8 atom stereocenters. The smallest absolute Gasteiger partial charge is 0.0693 e. The van der Waals surface area contributed by atoms with Crippen molar-refractivity contribution >= 4 is 92.8 Å². The minimum atomic E-state index is -0.670. The standard InChI is InChI=1S/C10H14Cl8/c1-3(11)5(13)7(15)9(17)10(18)8(16)6(14)4(2)12/h3-10H,1-2H3/t3-,4+,5-,6+,7-,8+,9-,10+. The van der Waals surface area contributed by atoms with Crippen LogP contribution in [0.2, 0.25) is 0 Å². The molecule has 18 heavy (non-hydrogen) atoms. The van der Waals surface area contributed by atoms with Crippen molar-refractivity contribution in [3.8, 4) is 0 Å². The van der Waals surface area contributed by atoms with Gasteiger partial charge in [0.15, 0.2) is 0 Å². The van der Waals surface area contributed by atoms with Gasteiger partial charge in [-0.25, -0.2) is 0 Å². The number of alkyl halides is 8. The van der Waals surface area contributed by atoms with E-state index in [-0.39, 0.29) is 10.8 Å². The van der Waals surface area contributed by atoms with E-state index in [0.29, 0.717) is 0 Å². The van der Waals surface area contributed by atoms with Crippen molar-refractivity contribution < 1.29 is 0 Å². The Morgan fingerprint density at radius 1 is 0.389 bits per heavy atom. The third-order valence-corrected chi connectivity index (χ3v) is 7.31. The molecule has 0 N–H and O–H groups in total. The van der Waals surface area contributed by atoms with E-state index in [1.807, 2.05) is 0 Å². The van der Waals surface area contributed by atoms with Crippen molar-refractivity contribution in [2.24, 2.45) is 0 Å². The van der Waals surface area contributed by atoms with Gasteiger partial charge in [0.2, 0.25) is 0 Å². The van der Waals surface area contributed by atoms with Crippen molar-refractivity contribution in [1.29, 1.82) is 0 Å². The summed E-state index contributed by atoms with van der Waals surface area (Å²) in [6, 6.07) is 0. The van der Waals surface area contributed by atoms with Crippen molar-refractivity contribution in [2.45, 2.75) is 56.9 Å². The summed E-state index contributed by atoms with van der Waals surface area (Å²) in [5, 5.41) is -4.32. The average Bonchev–Trinajstić information content (AvgIpc) is 2.32. The van der Waals surface area contributed by atoms with Crippen molar-refractivity contribution in [3.05, 3.63) is 0 Å². The summed E-state index contributed by atoms with van der Waals surface area (Å²) in [6.45, 7) is 3.45. The van der Waals surface area contributed by atoms with Crippen LogP contribution in [0.25, 0.3) is 0 Å². The van der Waals surface area contributed by atoms with E-state index in [0.717, 1.165) is 0 Å². The van der Waals surface area contributed by atoms with Crippen LogP contribution in [0.15, 0.2) is 0 Å². The number of hydrogen-bond acceptors (Lipinski definition) is 0. The van der Waals surface area contributed by atoms with Gasteiger partial charge < -0.3 is 0 Å². The van der Waals surface area contributed by atoms with Crippen LogP contribution in [0.4, 0.5) is 0 Å². The predicted octanol–water partition coefficient (Wildman–Crippen LogP) is 5.89. The first-order valence-corrected chi connectivity index (χ1v) is 8.73. The van der Waals surface area contributed by atoms with Gasteiger partial charge >= 0.3 is 0 Å². The molecule has 0 amide bonds. The number of rotatable bonds is 7. The molecule has 0 saturated heterocycles. The largest absolute Gasteiger partial charge is 0.122 e. The minimum Gasteiger partial charge on any atom is -0.122 e. The van der Waals surface area contributed by atoms with E-state index in [1.54, 1.807) is 13.8 Å². The highest BCUT2D eigenvalue weighted by atomic mass is 35.5. The zero-order valence-corrected chi connectivity index (χ0v) is 15.7. The molecule has 0 heterocycles. The molecule has 110 valence electrons. The summed E-state index contributed by atoms with van der Waals surface area (Å²) >= 11 is 48.4. The van der Waals surface area contributed by atoms with Crippen LogP contribution in [0.5, 0.6) is 0 Å². The zero-order chi connectivity index (χ0) is 14.6. The second kappa shape index (κ2) is 9.36. The molecule has 0 saturated carbocycles. The molecular formula is C10H14Cl8. The second-order valence-electron chi connectivity index (χ2n) is 4.02. The summed E-state index contributed by atoms with van der Waals surface area (Å²) in [5.74, 6) is 0. The van der Waals surface area contributed by atoms with Gasteiger partial charge in [0.05, 0.1) is 32.3 Å². The highest BCUT2D eigenvalue weighted by molar-refractivity contribution is 6.42. The van der Waals surface area contributed by atoms with Gasteiger partial charge in [-0.15, -0.1) is 92.8 Å². The van der Waals surface area contributed by atoms with Crippen LogP contribution in [-0.2, 0) is 0 Å². The van der Waals surface area contributed by atoms with Crippen molar-refractivity contribution in [2.75, 3.05) is 0 Å². The van der Waals surface area contributed by atoms with Gasteiger partial charge in [0, 0.05) is 10.8 Å². The lowest BCUT2D eigenvalue weighted by molar-refractivity contribution is 0.621. The van der Waals surface area contributed by atoms with Crippen molar-refractivity contribution in [3.63, 3.8) is 0 Å². The maximum atomic E-state index is 6.17. The van der Waals surface area contributed by atoms with Gasteiger partial charge in [-0.2, -0.15) is 0 Å². The molecule has 0 radical (unpaired) electrons. The third-order valence-electron chi connectivity index (χ3n) is 2.40. The lowest BCUT2D eigenvalue weighted by Gasteiger charge is -2.30. The molecule has 0 nitrogen and oxygen atoms in total. The van der Waals surface area contributed by atoms with E-state index >= 15 is 0 Å². The van der Waals surface area contributed by atoms with Crippen molar-refractivity contribution in [1.82, 2.24) is 0 Å². The van der Waals surface area contributed by atoms with E-state index in [1.165, 1.54) is 0 Å². The van der Waals surface area contributed by atoms with Crippen LogP contribution in [-0.4, -0.2) is 43.0 Å². The molecule has 0 aliphatic carbocycles. The van der Waals surface area contributed by atoms with Gasteiger partial charge in [-0.1, -0.05) is 0 Å². The molecule has 0 aromatic rings. The molecule has 0 spiro atoms. The summed E-state index contributed by atoms with van der Waals surface area (Å²) < 4.78 is 0. The maximum Gasteiger partial charge on any atom is 0.0693 e. The summed E-state index contributed by atoms with van der Waals surface area (Å²) in [6.07, 6.45) is 0. The van der Waals surface area contributed by atoms with Crippen LogP contribution in [0.1, 0.15) is 13.8 Å². The van der Waals surface area contributed by atoms with Crippen LogP contribution in [0.3, 0.4) is 0 Å². The molecule has 0 unspecified atom stereocenters. The molecule has 0 aromatic carbocycles. The fraction of sp³-hybridized carbons (Fsp3) is 1.00. The zero-order valence-electron chi connectivity index (χ0n) is 9.64. The first-order chi connectivity index (χ1) is 8.11. The van der Waals surface area contributed by atoms with E-state index in [9.17, 15) is 0 Å². The monoisotopic (exact) mass is 414 g/mol. The highest BCUT2D eigenvalue weighted by Crippen LogP contribution is 2.33. The molecule has 0 aromatic heterocycles. The lowest BCUT2D eigenvalue weighted by atomic mass is 10.1. The normalized spacial score (nSPS) is 25.7. The molecular weight excluding hydrogens is 404 g/mol. The quantitative estimate of drug-likeness (QED) is 0.453. The van der Waals surface area contributed by atoms with E-state index in [2.05, 4.69) is 0 Å². The SMILES string of the molecule is C[C@H](Cl)[C@H](Cl)[C@H](Cl)[C@H](Cl)[C@H](Cl)[C@H](Cl)[C@H](Cl)[C@@H](C)Cl. The highest BCUT2D eigenvalue weighted by Gasteiger charge is 2.39. The van der Waals surface area contributed by atoms with Crippen LogP contribution in [0, 0.1) is 0 Å². The Bertz CT molecular complexity index is 210. The summed E-state index contributed by atoms with van der Waals surface area (Å²) in [4.78, 5) is 0. The number of halogens is 8. The first kappa shape index (κ1) is 20.3. The predicted molar refractivity (Wildman–Crippen MR) is 88.5 cm³/mol. The molecule has 8 heteroatoms. The Hall–Kier alpha value is 2.32. The Kier molecular flexibility index (Phi) is 10.6. The number of hydrogen-bond donors (Lipinski definition) is 0. The van der Waals surface area contributed by atoms with Crippen LogP contribution >= 0.6 is 92.8 Å². The Morgan fingerprint density at radius 3 is 0.722 bits per heavy atom. The summed E-state index contributed by atoms with van der Waals surface area (Å²) in [7, 11) is 0. The molecule has 0 aliphatic heterocycles.